The summed E-state index contributed by atoms with van der Waals surface area (Å²) >= 11 is 0. The van der Waals surface area contributed by atoms with E-state index in [-0.39, 0.29) is 55.4 Å². The fourth-order valence-electron chi connectivity index (χ4n) is 2.59. The molecule has 3 N–H and O–H groups in total. The molecule has 0 saturated carbocycles. The van der Waals surface area contributed by atoms with Gasteiger partial charge < -0.3 is 20.5 Å². The Labute approximate surface area is 155 Å². The quantitative estimate of drug-likeness (QED) is 0.501. The number of carbonyl (C=O) groups excluding carboxylic acids is 3. The first-order valence-corrected chi connectivity index (χ1v) is 9.34. The third-order valence-electron chi connectivity index (χ3n) is 4.38. The molecule has 7 heteroatoms. The number of cyclic esters (lactones) is 1. The second-order valence-corrected chi connectivity index (χ2v) is 7.19. The van der Waals surface area contributed by atoms with Gasteiger partial charge in [0.2, 0.25) is 11.8 Å². The van der Waals surface area contributed by atoms with E-state index in [1.807, 2.05) is 26.0 Å². The van der Waals surface area contributed by atoms with Gasteiger partial charge in [0.05, 0.1) is 18.6 Å². The summed E-state index contributed by atoms with van der Waals surface area (Å²) in [5.74, 6) is -1.16. The average Bonchev–Trinajstić information content (AvgIpc) is 2.60. The standard InChI is InChI=1S/C19H32N2O5/c1-13(2)16-12-26-18(24)9-7-5-4-6-8-15(19(25)21-16)10-17(23)20-14(3)11-22/h4,6,13-16,22H,5,7-12H2,1-3H3,(H,20,23)(H,21,25). The highest BCUT2D eigenvalue weighted by molar-refractivity contribution is 5.86. The number of allylic oxidation sites excluding steroid dienone is 2. The van der Waals surface area contributed by atoms with Gasteiger partial charge in [-0.15, -0.1) is 0 Å². The van der Waals surface area contributed by atoms with Crippen molar-refractivity contribution < 1.29 is 24.2 Å². The summed E-state index contributed by atoms with van der Waals surface area (Å²) in [5.41, 5.74) is 0. The van der Waals surface area contributed by atoms with Gasteiger partial charge in [-0.1, -0.05) is 26.0 Å². The van der Waals surface area contributed by atoms with Gasteiger partial charge in [-0.3, -0.25) is 14.4 Å². The van der Waals surface area contributed by atoms with Crippen LogP contribution >= 0.6 is 0 Å². The molecule has 1 heterocycles. The Bertz CT molecular complexity index is 504. The molecule has 1 rings (SSSR count). The molecule has 0 bridgehead atoms. The van der Waals surface area contributed by atoms with Gasteiger partial charge in [0.15, 0.2) is 0 Å². The van der Waals surface area contributed by atoms with E-state index < -0.39 is 5.92 Å². The summed E-state index contributed by atoms with van der Waals surface area (Å²) in [6, 6.07) is -0.642. The van der Waals surface area contributed by atoms with Gasteiger partial charge in [0, 0.05) is 18.9 Å². The van der Waals surface area contributed by atoms with Gasteiger partial charge >= 0.3 is 5.97 Å². The molecule has 0 radical (unpaired) electrons. The van der Waals surface area contributed by atoms with Crippen LogP contribution in [0.15, 0.2) is 12.2 Å². The van der Waals surface area contributed by atoms with E-state index in [1.165, 1.54) is 0 Å². The van der Waals surface area contributed by atoms with E-state index in [9.17, 15) is 14.4 Å². The predicted molar refractivity (Wildman–Crippen MR) is 98.1 cm³/mol. The van der Waals surface area contributed by atoms with Crippen molar-refractivity contribution in [3.8, 4) is 0 Å². The number of hydrogen-bond donors (Lipinski definition) is 3. The Morgan fingerprint density at radius 3 is 2.73 bits per heavy atom. The summed E-state index contributed by atoms with van der Waals surface area (Å²) in [7, 11) is 0. The fourth-order valence-corrected chi connectivity index (χ4v) is 2.59. The van der Waals surface area contributed by atoms with E-state index in [4.69, 9.17) is 9.84 Å². The zero-order valence-corrected chi connectivity index (χ0v) is 16.0. The van der Waals surface area contributed by atoms with Crippen LogP contribution in [0.5, 0.6) is 0 Å². The Hall–Kier alpha value is -1.89. The molecule has 1 aliphatic rings. The molecular weight excluding hydrogens is 336 g/mol. The van der Waals surface area contributed by atoms with Crippen LogP contribution in [0.25, 0.3) is 0 Å². The summed E-state index contributed by atoms with van der Waals surface area (Å²) in [6.45, 7) is 5.58. The molecule has 0 aromatic carbocycles. The number of carbonyl (C=O) groups is 3. The third-order valence-corrected chi connectivity index (χ3v) is 4.38. The maximum absolute atomic E-state index is 12.7. The zero-order valence-electron chi connectivity index (χ0n) is 16.0. The molecule has 0 spiro atoms. The monoisotopic (exact) mass is 368 g/mol. The molecule has 0 aliphatic carbocycles. The fraction of sp³-hybridized carbons (Fsp3) is 0.737. The molecule has 0 aromatic heterocycles. The summed E-state index contributed by atoms with van der Waals surface area (Å²) in [6.07, 6.45) is 6.10. The van der Waals surface area contributed by atoms with Gasteiger partial charge in [0.1, 0.15) is 6.61 Å². The molecule has 26 heavy (non-hydrogen) atoms. The van der Waals surface area contributed by atoms with E-state index in [0.29, 0.717) is 19.3 Å². The van der Waals surface area contributed by atoms with Crippen LogP contribution in [0.1, 0.15) is 52.9 Å². The number of aliphatic hydroxyl groups is 1. The van der Waals surface area contributed by atoms with Crippen molar-refractivity contribution in [3.63, 3.8) is 0 Å². The lowest BCUT2D eigenvalue weighted by atomic mass is 9.97. The van der Waals surface area contributed by atoms with Crippen molar-refractivity contribution in [2.24, 2.45) is 11.8 Å². The predicted octanol–water partition coefficient (Wildman–Crippen LogP) is 1.30. The van der Waals surface area contributed by atoms with Crippen LogP contribution in [-0.4, -0.2) is 48.2 Å². The van der Waals surface area contributed by atoms with Crippen LogP contribution in [0.2, 0.25) is 0 Å². The summed E-state index contributed by atoms with van der Waals surface area (Å²) in [4.78, 5) is 36.6. The van der Waals surface area contributed by atoms with Crippen molar-refractivity contribution in [2.75, 3.05) is 13.2 Å². The minimum atomic E-state index is -0.505. The first-order valence-electron chi connectivity index (χ1n) is 9.34. The Morgan fingerprint density at radius 1 is 1.35 bits per heavy atom. The van der Waals surface area contributed by atoms with Crippen LogP contribution in [0, 0.1) is 11.8 Å². The van der Waals surface area contributed by atoms with Gasteiger partial charge in [-0.05, 0) is 32.1 Å². The lowest BCUT2D eigenvalue weighted by Crippen LogP contribution is -2.46. The Balaban J connectivity index is 2.83. The first kappa shape index (κ1) is 22.2. The number of nitrogens with one attached hydrogen (secondary N) is 2. The number of ether oxygens (including phenoxy) is 1. The molecule has 2 amide bonds. The lowest BCUT2D eigenvalue weighted by molar-refractivity contribution is -0.145. The minimum Gasteiger partial charge on any atom is -0.463 e. The molecule has 3 unspecified atom stereocenters. The van der Waals surface area contributed by atoms with Crippen LogP contribution in [0.4, 0.5) is 0 Å². The van der Waals surface area contributed by atoms with Crippen molar-refractivity contribution >= 4 is 17.8 Å². The van der Waals surface area contributed by atoms with E-state index in [0.717, 1.165) is 6.42 Å². The topological polar surface area (TPSA) is 105 Å². The Kier molecular flexibility index (Phi) is 9.95. The number of aliphatic hydroxyl groups excluding tert-OH is 1. The highest BCUT2D eigenvalue weighted by Gasteiger charge is 2.26. The SMILES string of the molecule is CC(CO)NC(=O)CC1CC=CCCCC(=O)OCC(C(C)C)NC1=O. The van der Waals surface area contributed by atoms with Crippen molar-refractivity contribution in [1.82, 2.24) is 10.6 Å². The highest BCUT2D eigenvalue weighted by Crippen LogP contribution is 2.14. The van der Waals surface area contributed by atoms with Crippen LogP contribution < -0.4 is 10.6 Å². The minimum absolute atomic E-state index is 0.0467. The van der Waals surface area contributed by atoms with Gasteiger partial charge in [-0.25, -0.2) is 0 Å². The van der Waals surface area contributed by atoms with Crippen molar-refractivity contribution in [2.45, 2.75) is 65.0 Å². The first-order chi connectivity index (χ1) is 12.3. The number of esters is 1. The largest absolute Gasteiger partial charge is 0.463 e. The van der Waals surface area contributed by atoms with Gasteiger partial charge in [0.25, 0.3) is 0 Å². The molecule has 0 fully saturated rings. The number of rotatable bonds is 5. The second-order valence-electron chi connectivity index (χ2n) is 7.19. The molecule has 7 nitrogen and oxygen atoms in total. The molecule has 0 aromatic rings. The number of hydrogen-bond acceptors (Lipinski definition) is 5. The lowest BCUT2D eigenvalue weighted by Gasteiger charge is -2.25. The smallest absolute Gasteiger partial charge is 0.305 e. The van der Waals surface area contributed by atoms with Crippen molar-refractivity contribution in [3.05, 3.63) is 12.2 Å². The van der Waals surface area contributed by atoms with E-state index in [1.54, 1.807) is 6.92 Å². The van der Waals surface area contributed by atoms with Crippen LogP contribution in [-0.2, 0) is 19.1 Å². The maximum Gasteiger partial charge on any atom is 0.305 e. The summed E-state index contributed by atoms with van der Waals surface area (Å²) in [5, 5.41) is 14.6. The second kappa shape index (κ2) is 11.7. The molecule has 3 atom stereocenters. The molecule has 1 aliphatic heterocycles. The zero-order chi connectivity index (χ0) is 19.5. The van der Waals surface area contributed by atoms with E-state index >= 15 is 0 Å². The van der Waals surface area contributed by atoms with Crippen LogP contribution in [0.3, 0.4) is 0 Å². The molecular formula is C19H32N2O5. The van der Waals surface area contributed by atoms with Gasteiger partial charge in [-0.2, -0.15) is 0 Å². The summed E-state index contributed by atoms with van der Waals surface area (Å²) < 4.78 is 5.28. The third kappa shape index (κ3) is 8.47. The average molecular weight is 368 g/mol. The highest BCUT2D eigenvalue weighted by atomic mass is 16.5. The molecule has 148 valence electrons. The normalized spacial score (nSPS) is 23.9. The molecule has 0 saturated heterocycles. The number of amides is 2. The van der Waals surface area contributed by atoms with E-state index in [2.05, 4.69) is 10.6 Å². The van der Waals surface area contributed by atoms with Crippen molar-refractivity contribution in [1.29, 1.82) is 0 Å². The Morgan fingerprint density at radius 2 is 2.08 bits per heavy atom. The maximum atomic E-state index is 12.7.